The Morgan fingerprint density at radius 1 is 0.941 bits per heavy atom. The van der Waals surface area contributed by atoms with Gasteiger partial charge >= 0.3 is 6.18 Å². The van der Waals surface area contributed by atoms with E-state index < -0.39 is 21.8 Å². The lowest BCUT2D eigenvalue weighted by molar-refractivity contribution is -0.137. The van der Waals surface area contributed by atoms with Crippen molar-refractivity contribution in [1.82, 2.24) is 9.21 Å². The Morgan fingerprint density at radius 3 is 2.26 bits per heavy atom. The summed E-state index contributed by atoms with van der Waals surface area (Å²) in [6.45, 7) is 4.31. The van der Waals surface area contributed by atoms with Gasteiger partial charge in [-0.1, -0.05) is 12.1 Å². The predicted octanol–water partition coefficient (Wildman–Crippen LogP) is 3.00. The summed E-state index contributed by atoms with van der Waals surface area (Å²) in [4.78, 5) is 16.4. The van der Waals surface area contributed by atoms with Gasteiger partial charge in [0.05, 0.1) is 23.7 Å². The van der Waals surface area contributed by atoms with E-state index in [1.165, 1.54) is 22.5 Å². The average molecular weight is 498 g/mol. The Kier molecular flexibility index (Phi) is 6.88. The summed E-state index contributed by atoms with van der Waals surface area (Å²) < 4.78 is 72.3. The molecule has 7 nitrogen and oxygen atoms in total. The number of anilines is 1. The van der Waals surface area contributed by atoms with Gasteiger partial charge in [-0.3, -0.25) is 4.79 Å². The highest BCUT2D eigenvalue weighted by Gasteiger charge is 2.33. The minimum Gasteiger partial charge on any atom is -0.378 e. The Morgan fingerprint density at radius 2 is 1.62 bits per heavy atom. The third-order valence-electron chi connectivity index (χ3n) is 6.15. The zero-order chi connectivity index (χ0) is 24.5. The molecule has 2 aromatic carbocycles. The molecule has 4 rings (SSSR count). The van der Waals surface area contributed by atoms with E-state index in [1.807, 2.05) is 0 Å². The van der Waals surface area contributed by atoms with Crippen molar-refractivity contribution in [3.8, 4) is 0 Å². The molecule has 2 fully saturated rings. The fourth-order valence-corrected chi connectivity index (χ4v) is 5.59. The Hall–Kier alpha value is -2.63. The third-order valence-corrected chi connectivity index (χ3v) is 8.05. The molecule has 0 aliphatic carbocycles. The lowest BCUT2D eigenvalue weighted by Gasteiger charge is -2.35. The van der Waals surface area contributed by atoms with Crippen molar-refractivity contribution in [1.29, 1.82) is 0 Å². The second-order valence-electron chi connectivity index (χ2n) is 8.32. The maximum atomic E-state index is 13.3. The maximum Gasteiger partial charge on any atom is 0.416 e. The molecule has 2 saturated heterocycles. The number of carbonyl (C=O) groups is 1. The van der Waals surface area contributed by atoms with Gasteiger partial charge in [0.2, 0.25) is 10.0 Å². The SMILES string of the molecule is Cc1ccc(S(=O)(=O)N2CCN(c3cccc(C(F)(F)F)c3)CC2)cc1C(=O)N1CCOCC1. The quantitative estimate of drug-likeness (QED) is 0.650. The van der Waals surface area contributed by atoms with Gasteiger partial charge in [0.15, 0.2) is 0 Å². The van der Waals surface area contributed by atoms with Crippen molar-refractivity contribution in [3.63, 3.8) is 0 Å². The van der Waals surface area contributed by atoms with Crippen LogP contribution in [0.2, 0.25) is 0 Å². The second-order valence-corrected chi connectivity index (χ2v) is 10.3. The first-order valence-corrected chi connectivity index (χ1v) is 12.4. The number of halogens is 3. The molecule has 2 aromatic rings. The highest BCUT2D eigenvalue weighted by atomic mass is 32.2. The van der Waals surface area contributed by atoms with Gasteiger partial charge in [0.1, 0.15) is 0 Å². The average Bonchev–Trinajstić information content (AvgIpc) is 2.84. The van der Waals surface area contributed by atoms with Crippen LogP contribution >= 0.6 is 0 Å². The van der Waals surface area contributed by atoms with Gasteiger partial charge in [0.25, 0.3) is 5.91 Å². The number of benzene rings is 2. The molecule has 0 atom stereocenters. The van der Waals surface area contributed by atoms with Gasteiger partial charge < -0.3 is 14.5 Å². The molecule has 184 valence electrons. The van der Waals surface area contributed by atoms with Crippen LogP contribution in [0.15, 0.2) is 47.4 Å². The van der Waals surface area contributed by atoms with Crippen LogP contribution in [0.1, 0.15) is 21.5 Å². The molecule has 0 unspecified atom stereocenters. The summed E-state index contributed by atoms with van der Waals surface area (Å²) >= 11 is 0. The third kappa shape index (κ3) is 5.06. The standard InChI is InChI=1S/C23H26F3N3O4S/c1-17-5-6-20(16-21(17)22(30)28-11-13-33-14-12-28)34(31,32)29-9-7-27(8-10-29)19-4-2-3-18(15-19)23(24,25)26/h2-6,15-16H,7-14H2,1H3. The van der Waals surface area contributed by atoms with Crippen LogP contribution in [0.3, 0.4) is 0 Å². The Balaban J connectivity index is 1.49. The molecule has 0 spiro atoms. The Labute approximate surface area is 196 Å². The van der Waals surface area contributed by atoms with Crippen LogP contribution in [0.4, 0.5) is 18.9 Å². The number of carbonyl (C=O) groups excluding carboxylic acids is 1. The molecule has 0 N–H and O–H groups in total. The van der Waals surface area contributed by atoms with Crippen LogP contribution in [-0.2, 0) is 20.9 Å². The molecule has 0 saturated carbocycles. The predicted molar refractivity (Wildman–Crippen MR) is 120 cm³/mol. The molecule has 2 heterocycles. The number of nitrogens with zero attached hydrogens (tertiary/aromatic N) is 3. The second kappa shape index (κ2) is 9.55. The summed E-state index contributed by atoms with van der Waals surface area (Å²) in [6.07, 6.45) is -4.44. The summed E-state index contributed by atoms with van der Waals surface area (Å²) in [5.74, 6) is -0.229. The lowest BCUT2D eigenvalue weighted by Crippen LogP contribution is -2.48. The first-order chi connectivity index (χ1) is 16.1. The molecule has 0 bridgehead atoms. The summed E-state index contributed by atoms with van der Waals surface area (Å²) in [7, 11) is -3.87. The van der Waals surface area contributed by atoms with E-state index >= 15 is 0 Å². The van der Waals surface area contributed by atoms with Crippen molar-refractivity contribution < 1.29 is 31.1 Å². The molecular weight excluding hydrogens is 471 g/mol. The number of ether oxygens (including phenoxy) is 1. The van der Waals surface area contributed by atoms with Crippen molar-refractivity contribution in [2.75, 3.05) is 57.4 Å². The minimum atomic E-state index is -4.44. The van der Waals surface area contributed by atoms with Crippen LogP contribution in [-0.4, -0.2) is 76.0 Å². The monoisotopic (exact) mass is 497 g/mol. The van der Waals surface area contributed by atoms with E-state index in [2.05, 4.69) is 0 Å². The van der Waals surface area contributed by atoms with E-state index in [0.29, 0.717) is 43.1 Å². The topological polar surface area (TPSA) is 70.2 Å². The number of piperazine rings is 1. The molecule has 11 heteroatoms. The van der Waals surface area contributed by atoms with E-state index in [1.54, 1.807) is 28.9 Å². The van der Waals surface area contributed by atoms with Crippen molar-refractivity contribution in [3.05, 3.63) is 59.2 Å². The molecule has 2 aliphatic heterocycles. The molecule has 2 aliphatic rings. The smallest absolute Gasteiger partial charge is 0.378 e. The number of hydrogen-bond donors (Lipinski definition) is 0. The zero-order valence-electron chi connectivity index (χ0n) is 18.7. The normalized spacial score (nSPS) is 18.2. The van der Waals surface area contributed by atoms with Gasteiger partial charge in [-0.25, -0.2) is 8.42 Å². The summed E-state index contributed by atoms with van der Waals surface area (Å²) in [5, 5.41) is 0. The number of hydrogen-bond acceptors (Lipinski definition) is 5. The largest absolute Gasteiger partial charge is 0.416 e. The van der Waals surface area contributed by atoms with Gasteiger partial charge in [-0.15, -0.1) is 0 Å². The Bertz CT molecular complexity index is 1160. The van der Waals surface area contributed by atoms with Gasteiger partial charge in [-0.2, -0.15) is 17.5 Å². The van der Waals surface area contributed by atoms with E-state index in [0.717, 1.165) is 12.1 Å². The molecular formula is C23H26F3N3O4S. The number of amides is 1. The van der Waals surface area contributed by atoms with Crippen molar-refractivity contribution in [2.45, 2.75) is 18.0 Å². The molecule has 34 heavy (non-hydrogen) atoms. The highest BCUT2D eigenvalue weighted by molar-refractivity contribution is 7.89. The number of sulfonamides is 1. The van der Waals surface area contributed by atoms with Crippen molar-refractivity contribution in [2.24, 2.45) is 0 Å². The van der Waals surface area contributed by atoms with Crippen LogP contribution in [0, 0.1) is 6.92 Å². The summed E-state index contributed by atoms with van der Waals surface area (Å²) in [6, 6.07) is 9.55. The number of rotatable bonds is 4. The lowest BCUT2D eigenvalue weighted by atomic mass is 10.1. The fraction of sp³-hybridized carbons (Fsp3) is 0.435. The molecule has 1 amide bonds. The number of alkyl halides is 3. The van der Waals surface area contributed by atoms with E-state index in [-0.39, 0.29) is 37.0 Å². The maximum absolute atomic E-state index is 13.3. The van der Waals surface area contributed by atoms with E-state index in [4.69, 9.17) is 4.74 Å². The van der Waals surface area contributed by atoms with Crippen molar-refractivity contribution >= 4 is 21.6 Å². The fourth-order valence-electron chi connectivity index (χ4n) is 4.14. The van der Waals surface area contributed by atoms with E-state index in [9.17, 15) is 26.4 Å². The highest BCUT2D eigenvalue weighted by Crippen LogP contribution is 2.32. The molecule has 0 radical (unpaired) electrons. The zero-order valence-corrected chi connectivity index (χ0v) is 19.5. The molecule has 0 aromatic heterocycles. The van der Waals surface area contributed by atoms with Crippen LogP contribution in [0.5, 0.6) is 0 Å². The first kappa shape index (κ1) is 24.5. The first-order valence-electron chi connectivity index (χ1n) is 11.0. The number of morpholine rings is 1. The summed E-state index contributed by atoms with van der Waals surface area (Å²) in [5.41, 5.74) is 0.688. The van der Waals surface area contributed by atoms with Crippen LogP contribution in [0.25, 0.3) is 0 Å². The minimum absolute atomic E-state index is 0.0298. The number of aryl methyl sites for hydroxylation is 1. The van der Waals surface area contributed by atoms with Gasteiger partial charge in [-0.05, 0) is 42.8 Å². The van der Waals surface area contributed by atoms with Gasteiger partial charge in [0, 0.05) is 50.5 Å². The van der Waals surface area contributed by atoms with Crippen LogP contribution < -0.4 is 4.90 Å².